The van der Waals surface area contributed by atoms with Crippen molar-refractivity contribution in [2.75, 3.05) is 5.32 Å². The zero-order valence-corrected chi connectivity index (χ0v) is 15.2. The van der Waals surface area contributed by atoms with Crippen LogP contribution in [0.5, 0.6) is 0 Å². The fraction of sp³-hybridized carbons (Fsp3) is 0.143. The summed E-state index contributed by atoms with van der Waals surface area (Å²) in [6.45, 7) is 4.26. The lowest BCUT2D eigenvalue weighted by molar-refractivity contribution is 0.0945. The molecule has 0 atom stereocenters. The molecule has 6 heteroatoms. The Hall–Kier alpha value is -3.72. The second kappa shape index (κ2) is 8.11. The lowest BCUT2D eigenvalue weighted by atomic mass is 10.1. The number of anilines is 2. The maximum absolute atomic E-state index is 12.5. The highest BCUT2D eigenvalue weighted by Crippen LogP contribution is 2.15. The summed E-state index contributed by atoms with van der Waals surface area (Å²) in [5, 5.41) is 14.8. The SMILES string of the molecule is Cc1ccc(CNC(=O)c2cc(C)nc(Nc3ccc(C#N)cc3)n2)cc1. The van der Waals surface area contributed by atoms with Crippen molar-refractivity contribution >= 4 is 17.5 Å². The Labute approximate surface area is 157 Å². The van der Waals surface area contributed by atoms with Crippen molar-refractivity contribution in [3.05, 3.63) is 82.7 Å². The van der Waals surface area contributed by atoms with Gasteiger partial charge in [-0.05, 0) is 49.7 Å². The van der Waals surface area contributed by atoms with Crippen molar-refractivity contribution in [2.45, 2.75) is 20.4 Å². The van der Waals surface area contributed by atoms with Gasteiger partial charge < -0.3 is 10.6 Å². The van der Waals surface area contributed by atoms with E-state index in [0.717, 1.165) is 11.3 Å². The lowest BCUT2D eigenvalue weighted by Gasteiger charge is -2.09. The number of amides is 1. The van der Waals surface area contributed by atoms with Crippen molar-refractivity contribution in [1.82, 2.24) is 15.3 Å². The van der Waals surface area contributed by atoms with Gasteiger partial charge in [-0.15, -0.1) is 0 Å². The van der Waals surface area contributed by atoms with Gasteiger partial charge in [-0.2, -0.15) is 5.26 Å². The molecule has 6 nitrogen and oxygen atoms in total. The van der Waals surface area contributed by atoms with Crippen LogP contribution in [0.3, 0.4) is 0 Å². The maximum atomic E-state index is 12.5. The van der Waals surface area contributed by atoms with Gasteiger partial charge >= 0.3 is 0 Å². The van der Waals surface area contributed by atoms with Crippen molar-refractivity contribution < 1.29 is 4.79 Å². The third kappa shape index (κ3) is 4.89. The number of hydrogen-bond acceptors (Lipinski definition) is 5. The van der Waals surface area contributed by atoms with E-state index < -0.39 is 0 Å². The van der Waals surface area contributed by atoms with E-state index in [2.05, 4.69) is 26.7 Å². The maximum Gasteiger partial charge on any atom is 0.270 e. The molecule has 1 aromatic heterocycles. The van der Waals surface area contributed by atoms with Crippen molar-refractivity contribution in [3.8, 4) is 6.07 Å². The molecule has 0 spiro atoms. The van der Waals surface area contributed by atoms with E-state index in [1.54, 1.807) is 30.3 Å². The third-order valence-electron chi connectivity index (χ3n) is 3.93. The van der Waals surface area contributed by atoms with Crippen molar-refractivity contribution in [3.63, 3.8) is 0 Å². The fourth-order valence-corrected chi connectivity index (χ4v) is 2.48. The normalized spacial score (nSPS) is 10.1. The zero-order valence-electron chi connectivity index (χ0n) is 15.2. The van der Waals surface area contributed by atoms with Gasteiger partial charge in [0.2, 0.25) is 5.95 Å². The predicted molar refractivity (Wildman–Crippen MR) is 104 cm³/mol. The second-order valence-corrected chi connectivity index (χ2v) is 6.20. The molecule has 2 aromatic carbocycles. The zero-order chi connectivity index (χ0) is 19.2. The van der Waals surface area contributed by atoms with Crippen LogP contribution in [0.2, 0.25) is 0 Å². The van der Waals surface area contributed by atoms with Gasteiger partial charge in [0.15, 0.2) is 0 Å². The van der Waals surface area contributed by atoms with Crippen LogP contribution in [-0.4, -0.2) is 15.9 Å². The molecule has 0 unspecified atom stereocenters. The molecule has 0 aliphatic heterocycles. The van der Waals surface area contributed by atoms with Crippen molar-refractivity contribution in [2.24, 2.45) is 0 Å². The highest BCUT2D eigenvalue weighted by atomic mass is 16.1. The van der Waals surface area contributed by atoms with E-state index >= 15 is 0 Å². The van der Waals surface area contributed by atoms with E-state index in [9.17, 15) is 4.79 Å². The number of rotatable bonds is 5. The number of aromatic nitrogens is 2. The molecule has 0 aliphatic rings. The second-order valence-electron chi connectivity index (χ2n) is 6.20. The van der Waals surface area contributed by atoms with Gasteiger partial charge in [0.1, 0.15) is 5.69 Å². The molecule has 2 N–H and O–H groups in total. The number of nitrogens with one attached hydrogen (secondary N) is 2. The molecule has 27 heavy (non-hydrogen) atoms. The minimum atomic E-state index is -0.260. The molecular formula is C21H19N5O. The smallest absolute Gasteiger partial charge is 0.270 e. The molecule has 3 aromatic rings. The Bertz CT molecular complexity index is 989. The first-order chi connectivity index (χ1) is 13.0. The summed E-state index contributed by atoms with van der Waals surface area (Å²) in [7, 11) is 0. The minimum absolute atomic E-state index is 0.260. The predicted octanol–water partition coefficient (Wildman–Crippen LogP) is 3.64. The van der Waals surface area contributed by atoms with Crippen LogP contribution in [0.25, 0.3) is 0 Å². The number of nitrogens with zero attached hydrogens (tertiary/aromatic N) is 3. The first kappa shape index (κ1) is 18.1. The van der Waals surface area contributed by atoms with Gasteiger partial charge in [-0.3, -0.25) is 4.79 Å². The molecule has 1 heterocycles. The van der Waals surface area contributed by atoms with Crippen LogP contribution in [-0.2, 0) is 6.54 Å². The summed E-state index contributed by atoms with van der Waals surface area (Å²) in [5.41, 5.74) is 4.49. The van der Waals surface area contributed by atoms with Crippen molar-refractivity contribution in [1.29, 1.82) is 5.26 Å². The molecule has 0 radical (unpaired) electrons. The minimum Gasteiger partial charge on any atom is -0.347 e. The molecule has 3 rings (SSSR count). The lowest BCUT2D eigenvalue weighted by Crippen LogP contribution is -2.24. The standard InChI is InChI=1S/C21H19N5O/c1-14-3-5-17(6-4-14)13-23-20(27)19-11-15(2)24-21(26-19)25-18-9-7-16(12-22)8-10-18/h3-11H,13H2,1-2H3,(H,23,27)(H,24,25,26). The number of carbonyl (C=O) groups is 1. The fourth-order valence-electron chi connectivity index (χ4n) is 2.48. The number of aryl methyl sites for hydroxylation is 2. The first-order valence-electron chi connectivity index (χ1n) is 8.50. The van der Waals surface area contributed by atoms with Gasteiger partial charge in [-0.1, -0.05) is 29.8 Å². The number of benzene rings is 2. The Morgan fingerprint density at radius 3 is 2.41 bits per heavy atom. The summed E-state index contributed by atoms with van der Waals surface area (Å²) < 4.78 is 0. The largest absolute Gasteiger partial charge is 0.347 e. The Morgan fingerprint density at radius 1 is 1.04 bits per heavy atom. The van der Waals surface area contributed by atoms with E-state index in [1.165, 1.54) is 5.56 Å². The molecule has 134 valence electrons. The van der Waals surface area contributed by atoms with E-state index in [1.807, 2.05) is 38.1 Å². The average molecular weight is 357 g/mol. The summed E-state index contributed by atoms with van der Waals surface area (Å²) >= 11 is 0. The van der Waals surface area contributed by atoms with Crippen LogP contribution in [0.4, 0.5) is 11.6 Å². The van der Waals surface area contributed by atoms with E-state index in [4.69, 9.17) is 5.26 Å². The Morgan fingerprint density at radius 2 is 1.74 bits per heavy atom. The highest BCUT2D eigenvalue weighted by Gasteiger charge is 2.11. The number of hydrogen-bond donors (Lipinski definition) is 2. The van der Waals surface area contributed by atoms with E-state index in [-0.39, 0.29) is 5.91 Å². The molecule has 0 aliphatic carbocycles. The van der Waals surface area contributed by atoms with Gasteiger partial charge in [0, 0.05) is 17.9 Å². The third-order valence-corrected chi connectivity index (χ3v) is 3.93. The Kier molecular flexibility index (Phi) is 5.43. The quantitative estimate of drug-likeness (QED) is 0.727. The molecule has 0 bridgehead atoms. The molecule has 1 amide bonds. The Balaban J connectivity index is 1.70. The summed E-state index contributed by atoms with van der Waals surface area (Å²) in [6, 6.07) is 18.6. The molecule has 0 saturated heterocycles. The van der Waals surface area contributed by atoms with Crippen LogP contribution in [0, 0.1) is 25.2 Å². The van der Waals surface area contributed by atoms with Crippen LogP contribution in [0.15, 0.2) is 54.6 Å². The van der Waals surface area contributed by atoms with Gasteiger partial charge in [0.05, 0.1) is 11.6 Å². The molecule has 0 saturated carbocycles. The monoisotopic (exact) mass is 357 g/mol. The summed E-state index contributed by atoms with van der Waals surface area (Å²) in [6.07, 6.45) is 0. The first-order valence-corrected chi connectivity index (χ1v) is 8.50. The number of carbonyl (C=O) groups excluding carboxylic acids is 1. The van der Waals surface area contributed by atoms with Crippen LogP contribution in [0.1, 0.15) is 32.9 Å². The van der Waals surface area contributed by atoms with Crippen LogP contribution >= 0.6 is 0 Å². The molecule has 0 fully saturated rings. The van der Waals surface area contributed by atoms with E-state index in [0.29, 0.717) is 29.4 Å². The van der Waals surface area contributed by atoms with Gasteiger partial charge in [0.25, 0.3) is 5.91 Å². The average Bonchev–Trinajstić information content (AvgIpc) is 2.67. The number of nitriles is 1. The van der Waals surface area contributed by atoms with Crippen LogP contribution < -0.4 is 10.6 Å². The van der Waals surface area contributed by atoms with Gasteiger partial charge in [-0.25, -0.2) is 9.97 Å². The molecular weight excluding hydrogens is 338 g/mol. The highest BCUT2D eigenvalue weighted by molar-refractivity contribution is 5.92. The summed E-state index contributed by atoms with van der Waals surface area (Å²) in [5.74, 6) is 0.0733. The topological polar surface area (TPSA) is 90.7 Å². The summed E-state index contributed by atoms with van der Waals surface area (Å²) in [4.78, 5) is 21.1.